The molecular weight excluding hydrogens is 274 g/mol. The molecule has 0 radical (unpaired) electrons. The van der Waals surface area contributed by atoms with Crippen LogP contribution in [0.3, 0.4) is 0 Å². The molecule has 20 heavy (non-hydrogen) atoms. The van der Waals surface area contributed by atoms with Gasteiger partial charge in [-0.2, -0.15) is 5.26 Å². The van der Waals surface area contributed by atoms with Gasteiger partial charge in [0.15, 0.2) is 5.58 Å². The highest BCUT2D eigenvalue weighted by molar-refractivity contribution is 5.90. The highest BCUT2D eigenvalue weighted by Crippen LogP contribution is 2.31. The van der Waals surface area contributed by atoms with Crippen molar-refractivity contribution in [3.8, 4) is 6.07 Å². The molecule has 0 amide bonds. The predicted molar refractivity (Wildman–Crippen MR) is 79.0 cm³/mol. The van der Waals surface area contributed by atoms with E-state index < -0.39 is 0 Å². The van der Waals surface area contributed by atoms with Crippen molar-refractivity contribution in [2.24, 2.45) is 0 Å². The molecule has 0 atom stereocenters. The zero-order valence-corrected chi connectivity index (χ0v) is 12.0. The Balaban J connectivity index is 0.00000147. The van der Waals surface area contributed by atoms with Gasteiger partial charge < -0.3 is 9.40 Å². The van der Waals surface area contributed by atoms with Crippen molar-refractivity contribution in [3.05, 3.63) is 52.8 Å². The van der Waals surface area contributed by atoms with Crippen LogP contribution in [-0.2, 0) is 6.42 Å². The number of furan rings is 1. The fraction of sp³-hybridized carbons (Fsp3) is 0.200. The van der Waals surface area contributed by atoms with Crippen molar-refractivity contribution in [3.63, 3.8) is 0 Å². The molecule has 0 saturated heterocycles. The number of benzene rings is 1. The van der Waals surface area contributed by atoms with Crippen LogP contribution in [0.5, 0.6) is 0 Å². The topological polar surface area (TPSA) is 65.6 Å². The number of aromatic amines is 1. The molecule has 0 aliphatic carbocycles. The summed E-state index contributed by atoms with van der Waals surface area (Å²) in [5, 5.41) is 10.2. The van der Waals surface area contributed by atoms with Crippen molar-refractivity contribution in [2.45, 2.75) is 20.3 Å². The minimum absolute atomic E-state index is 0. The number of nitrogens with one attached hydrogen (secondary N) is 1. The molecule has 4 nitrogen and oxygen atoms in total. The highest BCUT2D eigenvalue weighted by atomic mass is 35.5. The number of fused-ring (bicyclic) bond motifs is 1. The van der Waals surface area contributed by atoms with Gasteiger partial charge in [0.2, 0.25) is 0 Å². The third-order valence-electron chi connectivity index (χ3n) is 3.44. The molecule has 2 heterocycles. The number of hydrogen-bond acceptors (Lipinski definition) is 3. The van der Waals surface area contributed by atoms with Crippen molar-refractivity contribution in [1.29, 1.82) is 5.26 Å². The van der Waals surface area contributed by atoms with E-state index in [-0.39, 0.29) is 12.4 Å². The van der Waals surface area contributed by atoms with Gasteiger partial charge in [0, 0.05) is 24.2 Å². The average molecular weight is 288 g/mol. The van der Waals surface area contributed by atoms with E-state index in [0.29, 0.717) is 17.6 Å². The average Bonchev–Trinajstić information content (AvgIpc) is 3.00. The fourth-order valence-electron chi connectivity index (χ4n) is 2.36. The number of imidazole rings is 1. The van der Waals surface area contributed by atoms with E-state index >= 15 is 0 Å². The van der Waals surface area contributed by atoms with Crippen LogP contribution >= 0.6 is 12.4 Å². The van der Waals surface area contributed by atoms with E-state index in [1.165, 1.54) is 0 Å². The lowest BCUT2D eigenvalue weighted by atomic mass is 10.0. The van der Waals surface area contributed by atoms with E-state index in [4.69, 9.17) is 9.68 Å². The molecule has 0 aliphatic heterocycles. The van der Waals surface area contributed by atoms with Crippen LogP contribution in [0.1, 0.15) is 28.3 Å². The standard InChI is InChI=1S/C15H13N3O.ClH/c1-9-10(2)19-15-12(8-16)4-3-11(14(9)15)7-13-17-5-6-18-13;/h3-6H,7H2,1-2H3,(H,17,18);1H. The van der Waals surface area contributed by atoms with Crippen molar-refractivity contribution in [1.82, 2.24) is 9.97 Å². The minimum Gasteiger partial charge on any atom is -0.460 e. The maximum Gasteiger partial charge on any atom is 0.152 e. The molecule has 0 unspecified atom stereocenters. The summed E-state index contributed by atoms with van der Waals surface area (Å²) < 4.78 is 5.73. The SMILES string of the molecule is Cc1oc2c(C#N)ccc(Cc3ncc[nH]3)c2c1C.Cl. The van der Waals surface area contributed by atoms with E-state index in [2.05, 4.69) is 16.0 Å². The summed E-state index contributed by atoms with van der Waals surface area (Å²) in [5.41, 5.74) is 3.47. The number of rotatable bonds is 2. The first-order valence-corrected chi connectivity index (χ1v) is 6.10. The number of aryl methyl sites for hydroxylation is 2. The Morgan fingerprint density at radius 3 is 2.80 bits per heavy atom. The number of halogens is 1. The summed E-state index contributed by atoms with van der Waals surface area (Å²) in [4.78, 5) is 7.34. The summed E-state index contributed by atoms with van der Waals surface area (Å²) in [5.74, 6) is 1.77. The first-order chi connectivity index (χ1) is 9.20. The first-order valence-electron chi connectivity index (χ1n) is 6.10. The van der Waals surface area contributed by atoms with Gasteiger partial charge in [-0.05, 0) is 31.0 Å². The molecular formula is C15H14ClN3O. The second-order valence-corrected chi connectivity index (χ2v) is 4.58. The predicted octanol–water partition coefficient (Wildman–Crippen LogP) is 3.66. The molecule has 5 heteroatoms. The van der Waals surface area contributed by atoms with Gasteiger partial charge in [-0.25, -0.2) is 4.98 Å². The van der Waals surface area contributed by atoms with Gasteiger partial charge in [0.1, 0.15) is 17.7 Å². The normalized spacial score (nSPS) is 10.2. The Bertz CT molecular complexity index is 782. The molecule has 1 N–H and O–H groups in total. The third-order valence-corrected chi connectivity index (χ3v) is 3.44. The van der Waals surface area contributed by atoms with Crippen LogP contribution in [0, 0.1) is 25.2 Å². The monoisotopic (exact) mass is 287 g/mol. The zero-order chi connectivity index (χ0) is 13.4. The summed E-state index contributed by atoms with van der Waals surface area (Å²) in [6.07, 6.45) is 4.25. The Morgan fingerprint density at radius 2 is 2.15 bits per heavy atom. The lowest BCUT2D eigenvalue weighted by Crippen LogP contribution is -1.93. The Hall–Kier alpha value is -2.25. The molecule has 1 aromatic carbocycles. The van der Waals surface area contributed by atoms with Crippen molar-refractivity contribution < 1.29 is 4.42 Å². The molecule has 0 spiro atoms. The summed E-state index contributed by atoms with van der Waals surface area (Å²) >= 11 is 0. The van der Waals surface area contributed by atoms with Gasteiger partial charge >= 0.3 is 0 Å². The van der Waals surface area contributed by atoms with Gasteiger partial charge in [0.25, 0.3) is 0 Å². The summed E-state index contributed by atoms with van der Waals surface area (Å²) in [6, 6.07) is 5.97. The van der Waals surface area contributed by atoms with Gasteiger partial charge in [0.05, 0.1) is 5.56 Å². The number of H-pyrrole nitrogens is 1. The van der Waals surface area contributed by atoms with E-state index in [0.717, 1.165) is 28.1 Å². The largest absolute Gasteiger partial charge is 0.460 e. The van der Waals surface area contributed by atoms with Crippen LogP contribution in [0.2, 0.25) is 0 Å². The van der Waals surface area contributed by atoms with Gasteiger partial charge in [-0.1, -0.05) is 6.07 Å². The van der Waals surface area contributed by atoms with Crippen molar-refractivity contribution in [2.75, 3.05) is 0 Å². The van der Waals surface area contributed by atoms with Crippen LogP contribution in [0.25, 0.3) is 11.0 Å². The molecule has 0 bridgehead atoms. The second-order valence-electron chi connectivity index (χ2n) is 4.58. The lowest BCUT2D eigenvalue weighted by Gasteiger charge is -2.03. The molecule has 0 aliphatic rings. The molecule has 3 aromatic rings. The van der Waals surface area contributed by atoms with Crippen molar-refractivity contribution >= 4 is 23.4 Å². The quantitative estimate of drug-likeness (QED) is 0.782. The van der Waals surface area contributed by atoms with Crippen LogP contribution < -0.4 is 0 Å². The zero-order valence-electron chi connectivity index (χ0n) is 11.2. The molecule has 2 aromatic heterocycles. The summed E-state index contributed by atoms with van der Waals surface area (Å²) in [7, 11) is 0. The maximum absolute atomic E-state index is 9.15. The second kappa shape index (κ2) is 5.40. The highest BCUT2D eigenvalue weighted by Gasteiger charge is 2.15. The Labute approximate surface area is 122 Å². The number of hydrogen-bond donors (Lipinski definition) is 1. The Kier molecular flexibility index (Phi) is 3.82. The van der Waals surface area contributed by atoms with E-state index in [1.54, 1.807) is 6.20 Å². The van der Waals surface area contributed by atoms with E-state index in [9.17, 15) is 0 Å². The Morgan fingerprint density at radius 1 is 1.35 bits per heavy atom. The molecule has 0 fully saturated rings. The summed E-state index contributed by atoms with van der Waals surface area (Å²) in [6.45, 7) is 3.95. The fourth-order valence-corrected chi connectivity index (χ4v) is 2.36. The van der Waals surface area contributed by atoms with E-state index in [1.807, 2.05) is 32.2 Å². The number of nitrogens with zero attached hydrogens (tertiary/aromatic N) is 2. The molecule has 0 saturated carbocycles. The maximum atomic E-state index is 9.15. The molecule has 3 rings (SSSR count). The smallest absolute Gasteiger partial charge is 0.152 e. The lowest BCUT2D eigenvalue weighted by molar-refractivity contribution is 0.574. The van der Waals surface area contributed by atoms with Gasteiger partial charge in [-0.15, -0.1) is 12.4 Å². The van der Waals surface area contributed by atoms with Gasteiger partial charge in [-0.3, -0.25) is 0 Å². The van der Waals surface area contributed by atoms with Crippen LogP contribution in [-0.4, -0.2) is 9.97 Å². The van der Waals surface area contributed by atoms with Crippen LogP contribution in [0.15, 0.2) is 28.9 Å². The molecule has 102 valence electrons. The van der Waals surface area contributed by atoms with Crippen LogP contribution in [0.4, 0.5) is 0 Å². The minimum atomic E-state index is 0. The number of aromatic nitrogens is 2. The number of nitriles is 1. The first kappa shape index (κ1) is 14.2. The third kappa shape index (κ3) is 2.17.